The SMILES string of the molecule is C1#CCC2(CC1)OCCO2. The van der Waals surface area contributed by atoms with Gasteiger partial charge in [0.15, 0.2) is 5.79 Å². The lowest BCUT2D eigenvalue weighted by Crippen LogP contribution is -2.30. The van der Waals surface area contributed by atoms with Gasteiger partial charge in [-0.05, 0) is 0 Å². The van der Waals surface area contributed by atoms with Crippen molar-refractivity contribution in [1.29, 1.82) is 0 Å². The minimum absolute atomic E-state index is 0.300. The van der Waals surface area contributed by atoms with Gasteiger partial charge in [0.05, 0.1) is 19.6 Å². The van der Waals surface area contributed by atoms with Crippen molar-refractivity contribution < 1.29 is 9.47 Å². The summed E-state index contributed by atoms with van der Waals surface area (Å²) >= 11 is 0. The lowest BCUT2D eigenvalue weighted by molar-refractivity contribution is -0.157. The Kier molecular flexibility index (Phi) is 1.40. The molecule has 0 aromatic heterocycles. The molecule has 54 valence electrons. The highest BCUT2D eigenvalue weighted by atomic mass is 16.7. The Bertz CT molecular complexity index is 181. The summed E-state index contributed by atoms with van der Waals surface area (Å²) < 4.78 is 10.9. The fourth-order valence-electron chi connectivity index (χ4n) is 1.37. The number of hydrogen-bond donors (Lipinski definition) is 0. The maximum absolute atomic E-state index is 5.46. The van der Waals surface area contributed by atoms with E-state index in [0.717, 1.165) is 32.5 Å². The molecule has 1 fully saturated rings. The molecule has 0 aromatic carbocycles. The van der Waals surface area contributed by atoms with E-state index < -0.39 is 0 Å². The first-order chi connectivity index (χ1) is 4.91. The van der Waals surface area contributed by atoms with Gasteiger partial charge in [-0.2, -0.15) is 0 Å². The molecule has 0 amide bonds. The lowest BCUT2D eigenvalue weighted by atomic mass is 10.0. The summed E-state index contributed by atoms with van der Waals surface area (Å²) in [5.74, 6) is 5.74. The molecule has 0 aromatic rings. The van der Waals surface area contributed by atoms with Crippen molar-refractivity contribution in [3.05, 3.63) is 0 Å². The molecular formula is C8H10O2. The van der Waals surface area contributed by atoms with Crippen LogP contribution in [-0.4, -0.2) is 19.0 Å². The van der Waals surface area contributed by atoms with E-state index in [0.29, 0.717) is 0 Å². The van der Waals surface area contributed by atoms with E-state index in [1.54, 1.807) is 0 Å². The van der Waals surface area contributed by atoms with E-state index in [1.807, 2.05) is 0 Å². The monoisotopic (exact) mass is 138 g/mol. The molecule has 0 saturated carbocycles. The molecule has 0 atom stereocenters. The second-order valence-electron chi connectivity index (χ2n) is 2.64. The Morgan fingerprint density at radius 1 is 1.10 bits per heavy atom. The lowest BCUT2D eigenvalue weighted by Gasteiger charge is -2.25. The van der Waals surface area contributed by atoms with Gasteiger partial charge in [0, 0.05) is 12.8 Å². The van der Waals surface area contributed by atoms with Crippen LogP contribution in [0.4, 0.5) is 0 Å². The number of rotatable bonds is 0. The number of ether oxygens (including phenoxy) is 2. The van der Waals surface area contributed by atoms with Gasteiger partial charge in [0.25, 0.3) is 0 Å². The van der Waals surface area contributed by atoms with Crippen molar-refractivity contribution in [2.45, 2.75) is 25.0 Å². The first-order valence-electron chi connectivity index (χ1n) is 3.65. The van der Waals surface area contributed by atoms with E-state index >= 15 is 0 Å². The third-order valence-electron chi connectivity index (χ3n) is 1.93. The van der Waals surface area contributed by atoms with E-state index in [4.69, 9.17) is 9.47 Å². The molecule has 2 aliphatic rings. The maximum Gasteiger partial charge on any atom is 0.180 e. The standard InChI is InChI=1S/C8H10O2/c1-2-4-8(5-3-1)9-6-7-10-8/h2,4-7H2. The Morgan fingerprint density at radius 2 is 1.90 bits per heavy atom. The predicted octanol–water partition coefficient (Wildman–Crippen LogP) is 0.917. The number of hydrogen-bond acceptors (Lipinski definition) is 2. The first kappa shape index (κ1) is 6.21. The van der Waals surface area contributed by atoms with Gasteiger partial charge in [-0.1, -0.05) is 5.92 Å². The van der Waals surface area contributed by atoms with Crippen molar-refractivity contribution in [3.8, 4) is 11.8 Å². The molecule has 0 unspecified atom stereocenters. The van der Waals surface area contributed by atoms with Gasteiger partial charge in [0.1, 0.15) is 0 Å². The molecule has 10 heavy (non-hydrogen) atoms. The third kappa shape index (κ3) is 0.920. The maximum atomic E-state index is 5.46. The highest BCUT2D eigenvalue weighted by molar-refractivity contribution is 5.08. The molecule has 2 heteroatoms. The van der Waals surface area contributed by atoms with Crippen molar-refractivity contribution in [2.24, 2.45) is 0 Å². The summed E-state index contributed by atoms with van der Waals surface area (Å²) in [5, 5.41) is 0. The molecule has 0 bridgehead atoms. The minimum Gasteiger partial charge on any atom is -0.347 e. The van der Waals surface area contributed by atoms with Crippen molar-refractivity contribution >= 4 is 0 Å². The van der Waals surface area contributed by atoms with Crippen LogP contribution in [0.5, 0.6) is 0 Å². The van der Waals surface area contributed by atoms with Gasteiger partial charge in [-0.3, -0.25) is 0 Å². The molecule has 2 rings (SSSR count). The van der Waals surface area contributed by atoms with Crippen molar-refractivity contribution in [2.75, 3.05) is 13.2 Å². The van der Waals surface area contributed by atoms with Crippen LogP contribution in [0.3, 0.4) is 0 Å². The third-order valence-corrected chi connectivity index (χ3v) is 1.93. The molecular weight excluding hydrogens is 128 g/mol. The van der Waals surface area contributed by atoms with Crippen LogP contribution in [-0.2, 0) is 9.47 Å². The van der Waals surface area contributed by atoms with Crippen LogP contribution in [0.2, 0.25) is 0 Å². The molecule has 2 nitrogen and oxygen atoms in total. The zero-order valence-electron chi connectivity index (χ0n) is 5.85. The van der Waals surface area contributed by atoms with Crippen LogP contribution in [0, 0.1) is 11.8 Å². The predicted molar refractivity (Wildman–Crippen MR) is 36.3 cm³/mol. The van der Waals surface area contributed by atoms with Gasteiger partial charge in [0.2, 0.25) is 0 Å². The normalized spacial score (nSPS) is 28.0. The largest absolute Gasteiger partial charge is 0.347 e. The molecule has 1 spiro atoms. The fourth-order valence-corrected chi connectivity index (χ4v) is 1.37. The second-order valence-corrected chi connectivity index (χ2v) is 2.64. The quantitative estimate of drug-likeness (QED) is 0.463. The molecule has 1 saturated heterocycles. The zero-order chi connectivity index (χ0) is 6.86. The summed E-state index contributed by atoms with van der Waals surface area (Å²) in [6, 6.07) is 0. The van der Waals surface area contributed by atoms with Crippen LogP contribution in [0.25, 0.3) is 0 Å². The van der Waals surface area contributed by atoms with Crippen LogP contribution in [0.15, 0.2) is 0 Å². The van der Waals surface area contributed by atoms with Crippen LogP contribution in [0.1, 0.15) is 19.3 Å². The summed E-state index contributed by atoms with van der Waals surface area (Å²) in [4.78, 5) is 0. The van der Waals surface area contributed by atoms with Crippen LogP contribution < -0.4 is 0 Å². The van der Waals surface area contributed by atoms with Gasteiger partial charge in [-0.25, -0.2) is 0 Å². The smallest absolute Gasteiger partial charge is 0.180 e. The summed E-state index contributed by atoms with van der Waals surface area (Å²) in [7, 11) is 0. The summed E-state index contributed by atoms with van der Waals surface area (Å²) in [6.07, 6.45) is 2.62. The Morgan fingerprint density at radius 3 is 2.50 bits per heavy atom. The summed E-state index contributed by atoms with van der Waals surface area (Å²) in [6.45, 7) is 1.48. The van der Waals surface area contributed by atoms with E-state index in [2.05, 4.69) is 11.8 Å². The van der Waals surface area contributed by atoms with Crippen molar-refractivity contribution in [1.82, 2.24) is 0 Å². The zero-order valence-corrected chi connectivity index (χ0v) is 5.85. The molecule has 1 aliphatic carbocycles. The van der Waals surface area contributed by atoms with E-state index in [1.165, 1.54) is 0 Å². The second kappa shape index (κ2) is 2.26. The van der Waals surface area contributed by atoms with E-state index in [-0.39, 0.29) is 5.79 Å². The Balaban J connectivity index is 2.10. The highest BCUT2D eigenvalue weighted by Crippen LogP contribution is 2.29. The molecule has 0 N–H and O–H groups in total. The van der Waals surface area contributed by atoms with Crippen molar-refractivity contribution in [3.63, 3.8) is 0 Å². The topological polar surface area (TPSA) is 18.5 Å². The average molecular weight is 138 g/mol. The van der Waals surface area contributed by atoms with E-state index in [9.17, 15) is 0 Å². The molecule has 0 radical (unpaired) electrons. The highest BCUT2D eigenvalue weighted by Gasteiger charge is 2.36. The van der Waals surface area contributed by atoms with Crippen LogP contribution >= 0.6 is 0 Å². The molecule has 1 aliphatic heterocycles. The Labute approximate surface area is 60.5 Å². The molecule has 1 heterocycles. The Hall–Kier alpha value is -0.520. The average Bonchev–Trinajstić information content (AvgIpc) is 2.39. The van der Waals surface area contributed by atoms with Gasteiger partial charge >= 0.3 is 0 Å². The van der Waals surface area contributed by atoms with Gasteiger partial charge in [-0.15, -0.1) is 5.92 Å². The first-order valence-corrected chi connectivity index (χ1v) is 3.65. The minimum atomic E-state index is -0.300. The fraction of sp³-hybridized carbons (Fsp3) is 0.750. The van der Waals surface area contributed by atoms with Gasteiger partial charge < -0.3 is 9.47 Å². The summed E-state index contributed by atoms with van der Waals surface area (Å²) in [5.41, 5.74) is 0.